The van der Waals surface area contributed by atoms with Gasteiger partial charge in [-0.1, -0.05) is 18.2 Å². The minimum Gasteiger partial charge on any atom is -0.492 e. The second kappa shape index (κ2) is 5.00. The van der Waals surface area contributed by atoms with Gasteiger partial charge in [-0.15, -0.1) is 0 Å². The number of nitriles is 1. The van der Waals surface area contributed by atoms with E-state index in [1.807, 2.05) is 18.2 Å². The second-order valence-corrected chi connectivity index (χ2v) is 4.14. The fraction of sp³-hybridized carbons (Fsp3) is 0.462. The van der Waals surface area contributed by atoms with Crippen LogP contribution in [-0.2, 0) is 6.54 Å². The summed E-state index contributed by atoms with van der Waals surface area (Å²) in [5.41, 5.74) is 1.21. The summed E-state index contributed by atoms with van der Waals surface area (Å²) in [5, 5.41) is 8.72. The van der Waals surface area contributed by atoms with Crippen LogP contribution in [0.15, 0.2) is 24.3 Å². The Kier molecular flexibility index (Phi) is 3.43. The normalized spacial score (nSPS) is 17.8. The van der Waals surface area contributed by atoms with E-state index < -0.39 is 0 Å². The van der Waals surface area contributed by atoms with Gasteiger partial charge in [0.05, 0.1) is 12.5 Å². The molecule has 0 spiro atoms. The molecule has 3 nitrogen and oxygen atoms in total. The summed E-state index contributed by atoms with van der Waals surface area (Å²) in [6.07, 6.45) is 0.572. The highest BCUT2D eigenvalue weighted by atomic mass is 16.5. The fourth-order valence-corrected chi connectivity index (χ4v) is 1.98. The smallest absolute Gasteiger partial charge is 0.123 e. The van der Waals surface area contributed by atoms with Crippen LogP contribution in [-0.4, -0.2) is 24.1 Å². The first kappa shape index (κ1) is 11.0. The second-order valence-electron chi connectivity index (χ2n) is 4.14. The van der Waals surface area contributed by atoms with Crippen molar-refractivity contribution in [1.29, 1.82) is 5.26 Å². The van der Waals surface area contributed by atoms with E-state index in [9.17, 15) is 0 Å². The summed E-state index contributed by atoms with van der Waals surface area (Å²) in [6.45, 7) is 4.56. The highest BCUT2D eigenvalue weighted by Gasteiger charge is 2.18. The van der Waals surface area contributed by atoms with E-state index in [0.717, 1.165) is 18.8 Å². The van der Waals surface area contributed by atoms with Crippen molar-refractivity contribution in [2.24, 2.45) is 0 Å². The third-order valence-corrected chi connectivity index (χ3v) is 2.99. The van der Waals surface area contributed by atoms with E-state index in [2.05, 4.69) is 24.0 Å². The Labute approximate surface area is 96.2 Å². The van der Waals surface area contributed by atoms with Gasteiger partial charge in [-0.25, -0.2) is 0 Å². The third kappa shape index (κ3) is 2.34. The number of hydrogen-bond donors (Lipinski definition) is 0. The van der Waals surface area contributed by atoms with Crippen molar-refractivity contribution < 1.29 is 4.74 Å². The molecule has 84 valence electrons. The van der Waals surface area contributed by atoms with Crippen molar-refractivity contribution in [2.75, 3.05) is 13.2 Å². The summed E-state index contributed by atoms with van der Waals surface area (Å²) >= 11 is 0. The number of benzene rings is 1. The van der Waals surface area contributed by atoms with Crippen molar-refractivity contribution in [1.82, 2.24) is 4.90 Å². The van der Waals surface area contributed by atoms with Gasteiger partial charge in [-0.05, 0) is 13.0 Å². The summed E-state index contributed by atoms with van der Waals surface area (Å²) in [5.74, 6) is 0.981. The van der Waals surface area contributed by atoms with E-state index in [1.165, 1.54) is 5.56 Å². The summed E-state index contributed by atoms with van der Waals surface area (Å²) in [6, 6.07) is 10.6. The Bertz CT molecular complexity index is 397. The molecule has 1 aliphatic heterocycles. The van der Waals surface area contributed by atoms with Gasteiger partial charge >= 0.3 is 0 Å². The molecule has 0 aromatic heterocycles. The molecule has 0 fully saturated rings. The molecule has 0 amide bonds. The molecule has 0 saturated carbocycles. The molecule has 0 aliphatic carbocycles. The van der Waals surface area contributed by atoms with Gasteiger partial charge in [0.25, 0.3) is 0 Å². The maximum Gasteiger partial charge on any atom is 0.123 e. The topological polar surface area (TPSA) is 36.3 Å². The summed E-state index contributed by atoms with van der Waals surface area (Å²) in [7, 11) is 0. The maximum atomic E-state index is 8.72. The standard InChI is InChI=1S/C13H16N2O/c1-11(6-7-14)15-8-9-16-13-5-3-2-4-12(13)10-15/h2-5,11H,6,8-10H2,1H3. The van der Waals surface area contributed by atoms with Crippen LogP contribution in [0.2, 0.25) is 0 Å². The van der Waals surface area contributed by atoms with Crippen LogP contribution < -0.4 is 4.74 Å². The molecule has 1 aromatic carbocycles. The van der Waals surface area contributed by atoms with Crippen molar-refractivity contribution in [2.45, 2.75) is 25.9 Å². The lowest BCUT2D eigenvalue weighted by molar-refractivity contribution is 0.180. The third-order valence-electron chi connectivity index (χ3n) is 2.99. The first-order valence-electron chi connectivity index (χ1n) is 5.63. The number of para-hydroxylation sites is 1. The average molecular weight is 216 g/mol. The van der Waals surface area contributed by atoms with E-state index in [0.29, 0.717) is 19.1 Å². The lowest BCUT2D eigenvalue weighted by Crippen LogP contribution is -2.34. The highest BCUT2D eigenvalue weighted by molar-refractivity contribution is 5.33. The Morgan fingerprint density at radius 2 is 2.31 bits per heavy atom. The Hall–Kier alpha value is -1.53. The first-order chi connectivity index (χ1) is 7.81. The first-order valence-corrected chi connectivity index (χ1v) is 5.63. The van der Waals surface area contributed by atoms with Crippen LogP contribution in [0, 0.1) is 11.3 Å². The Balaban J connectivity index is 2.14. The predicted molar refractivity (Wildman–Crippen MR) is 62.0 cm³/mol. The van der Waals surface area contributed by atoms with Gasteiger partial charge in [0.2, 0.25) is 0 Å². The van der Waals surface area contributed by atoms with Gasteiger partial charge in [0.1, 0.15) is 12.4 Å². The Morgan fingerprint density at radius 1 is 1.50 bits per heavy atom. The fourth-order valence-electron chi connectivity index (χ4n) is 1.98. The van der Waals surface area contributed by atoms with E-state index in [-0.39, 0.29) is 0 Å². The van der Waals surface area contributed by atoms with Gasteiger partial charge in [-0.2, -0.15) is 5.26 Å². The minimum atomic E-state index is 0.291. The Morgan fingerprint density at radius 3 is 3.12 bits per heavy atom. The highest BCUT2D eigenvalue weighted by Crippen LogP contribution is 2.23. The lowest BCUT2D eigenvalue weighted by atomic mass is 10.1. The van der Waals surface area contributed by atoms with Gasteiger partial charge in [-0.3, -0.25) is 4.90 Å². The van der Waals surface area contributed by atoms with Crippen LogP contribution in [0.4, 0.5) is 0 Å². The van der Waals surface area contributed by atoms with Gasteiger partial charge in [0, 0.05) is 24.7 Å². The maximum absolute atomic E-state index is 8.72. The molecule has 1 aliphatic rings. The van der Waals surface area contributed by atoms with Crippen molar-refractivity contribution in [3.63, 3.8) is 0 Å². The molecule has 0 bridgehead atoms. The summed E-state index contributed by atoms with van der Waals surface area (Å²) < 4.78 is 5.68. The zero-order valence-corrected chi connectivity index (χ0v) is 9.52. The molecule has 1 heterocycles. The molecule has 0 radical (unpaired) electrons. The quantitative estimate of drug-likeness (QED) is 0.760. The van der Waals surface area contributed by atoms with Crippen LogP contribution >= 0.6 is 0 Å². The van der Waals surface area contributed by atoms with Gasteiger partial charge in [0.15, 0.2) is 0 Å². The molecule has 0 N–H and O–H groups in total. The molecule has 1 unspecified atom stereocenters. The van der Waals surface area contributed by atoms with E-state index in [1.54, 1.807) is 0 Å². The van der Waals surface area contributed by atoms with Crippen molar-refractivity contribution in [3.05, 3.63) is 29.8 Å². The largest absolute Gasteiger partial charge is 0.492 e. The average Bonchev–Trinajstić information content (AvgIpc) is 2.51. The molecule has 1 aromatic rings. The molecule has 0 saturated heterocycles. The predicted octanol–water partition coefficient (Wildman–Crippen LogP) is 2.18. The SMILES string of the molecule is CC(CC#N)N1CCOc2ccccc2C1. The van der Waals surface area contributed by atoms with Crippen molar-refractivity contribution in [3.8, 4) is 11.8 Å². The monoisotopic (exact) mass is 216 g/mol. The van der Waals surface area contributed by atoms with Crippen LogP contribution in [0.25, 0.3) is 0 Å². The summed E-state index contributed by atoms with van der Waals surface area (Å²) in [4.78, 5) is 2.30. The molecular formula is C13H16N2O. The molecule has 3 heteroatoms. The van der Waals surface area contributed by atoms with Crippen LogP contribution in [0.3, 0.4) is 0 Å². The zero-order valence-electron chi connectivity index (χ0n) is 9.52. The molecule has 1 atom stereocenters. The number of rotatable bonds is 2. The van der Waals surface area contributed by atoms with E-state index >= 15 is 0 Å². The van der Waals surface area contributed by atoms with Crippen LogP contribution in [0.5, 0.6) is 5.75 Å². The number of nitrogens with zero attached hydrogens (tertiary/aromatic N) is 2. The number of fused-ring (bicyclic) bond motifs is 1. The van der Waals surface area contributed by atoms with Gasteiger partial charge < -0.3 is 4.74 Å². The zero-order chi connectivity index (χ0) is 11.4. The van der Waals surface area contributed by atoms with Crippen molar-refractivity contribution >= 4 is 0 Å². The lowest BCUT2D eigenvalue weighted by Gasteiger charge is -2.24. The molecule has 2 rings (SSSR count). The van der Waals surface area contributed by atoms with Crippen LogP contribution in [0.1, 0.15) is 18.9 Å². The minimum absolute atomic E-state index is 0.291. The van der Waals surface area contributed by atoms with E-state index in [4.69, 9.17) is 10.00 Å². The number of ether oxygens (including phenoxy) is 1. The molecular weight excluding hydrogens is 200 g/mol. The number of hydrogen-bond acceptors (Lipinski definition) is 3. The molecule has 16 heavy (non-hydrogen) atoms.